The molecule has 0 aliphatic carbocycles. The Bertz CT molecular complexity index is 1050. The zero-order valence-corrected chi connectivity index (χ0v) is 16.9. The minimum Gasteiger partial charge on any atom is -0.356 e. The fraction of sp³-hybridized carbons (Fsp3) is 0.348. The van der Waals surface area contributed by atoms with Crippen molar-refractivity contribution in [3.05, 3.63) is 59.9 Å². The summed E-state index contributed by atoms with van der Waals surface area (Å²) in [5.41, 5.74) is 3.01. The fourth-order valence-corrected chi connectivity index (χ4v) is 4.05. The van der Waals surface area contributed by atoms with Crippen molar-refractivity contribution >= 4 is 28.3 Å². The van der Waals surface area contributed by atoms with Crippen LogP contribution in [0.4, 0.5) is 5.69 Å². The third-order valence-electron chi connectivity index (χ3n) is 5.50. The molecule has 1 aromatic heterocycles. The van der Waals surface area contributed by atoms with E-state index in [0.29, 0.717) is 13.1 Å². The smallest absolute Gasteiger partial charge is 0.227 e. The summed E-state index contributed by atoms with van der Waals surface area (Å²) in [5, 5.41) is 9.56. The topological polar surface area (TPSA) is 67.2 Å². The molecule has 0 unspecified atom stereocenters. The zero-order chi connectivity index (χ0) is 20.4. The predicted octanol–water partition coefficient (Wildman–Crippen LogP) is 3.21. The number of anilines is 1. The van der Waals surface area contributed by atoms with E-state index in [-0.39, 0.29) is 24.2 Å². The Morgan fingerprint density at radius 3 is 2.76 bits per heavy atom. The molecule has 1 fully saturated rings. The molecule has 4 rings (SSSR count). The van der Waals surface area contributed by atoms with E-state index in [4.69, 9.17) is 0 Å². The first-order valence-electron chi connectivity index (χ1n) is 10.1. The lowest BCUT2D eigenvalue weighted by Gasteiger charge is -2.19. The van der Waals surface area contributed by atoms with Crippen molar-refractivity contribution in [1.82, 2.24) is 15.1 Å². The van der Waals surface area contributed by atoms with E-state index in [0.717, 1.165) is 40.8 Å². The first kappa shape index (κ1) is 19.2. The SMILES string of the molecule is Cc1cc(C)n(CCCNC(=O)[C@@H]2CC(=O)N(c3cccc4ccccc34)C2)n1. The highest BCUT2D eigenvalue weighted by molar-refractivity contribution is 6.06. The third-order valence-corrected chi connectivity index (χ3v) is 5.50. The first-order valence-corrected chi connectivity index (χ1v) is 10.1. The van der Waals surface area contributed by atoms with Crippen LogP contribution in [0.25, 0.3) is 10.8 Å². The molecular formula is C23H26N4O2. The normalized spacial score (nSPS) is 16.6. The van der Waals surface area contributed by atoms with Crippen molar-refractivity contribution in [2.75, 3.05) is 18.0 Å². The molecule has 1 saturated heterocycles. The van der Waals surface area contributed by atoms with E-state index in [9.17, 15) is 9.59 Å². The Balaban J connectivity index is 1.35. The molecule has 0 spiro atoms. The highest BCUT2D eigenvalue weighted by Crippen LogP contribution is 2.31. The van der Waals surface area contributed by atoms with Crippen LogP contribution in [0.1, 0.15) is 24.2 Å². The molecule has 1 aliphatic rings. The summed E-state index contributed by atoms with van der Waals surface area (Å²) in [6, 6.07) is 16.0. The third kappa shape index (κ3) is 4.01. The average Bonchev–Trinajstić information content (AvgIpc) is 3.26. The van der Waals surface area contributed by atoms with Gasteiger partial charge in [-0.15, -0.1) is 0 Å². The maximum absolute atomic E-state index is 12.6. The number of benzene rings is 2. The Morgan fingerprint density at radius 2 is 1.97 bits per heavy atom. The summed E-state index contributed by atoms with van der Waals surface area (Å²) in [6.45, 7) is 5.78. The predicted molar refractivity (Wildman–Crippen MR) is 114 cm³/mol. The van der Waals surface area contributed by atoms with Crippen LogP contribution >= 0.6 is 0 Å². The van der Waals surface area contributed by atoms with Gasteiger partial charge in [-0.05, 0) is 37.8 Å². The van der Waals surface area contributed by atoms with Crippen LogP contribution in [0.2, 0.25) is 0 Å². The molecule has 1 N–H and O–H groups in total. The van der Waals surface area contributed by atoms with Gasteiger partial charge in [0.25, 0.3) is 0 Å². The zero-order valence-electron chi connectivity index (χ0n) is 16.9. The second-order valence-corrected chi connectivity index (χ2v) is 7.70. The summed E-state index contributed by atoms with van der Waals surface area (Å²) in [4.78, 5) is 27.0. The molecule has 1 atom stereocenters. The number of fused-ring (bicyclic) bond motifs is 1. The quantitative estimate of drug-likeness (QED) is 0.657. The first-order chi connectivity index (χ1) is 14.0. The highest BCUT2D eigenvalue weighted by atomic mass is 16.2. The number of rotatable bonds is 6. The number of nitrogens with zero attached hydrogens (tertiary/aromatic N) is 3. The molecule has 3 aromatic rings. The van der Waals surface area contributed by atoms with Gasteiger partial charge < -0.3 is 10.2 Å². The minimum absolute atomic E-state index is 0.00384. The molecule has 0 bridgehead atoms. The number of hydrogen-bond acceptors (Lipinski definition) is 3. The van der Waals surface area contributed by atoms with Gasteiger partial charge >= 0.3 is 0 Å². The lowest BCUT2D eigenvalue weighted by atomic mass is 10.1. The molecule has 150 valence electrons. The summed E-state index contributed by atoms with van der Waals surface area (Å²) < 4.78 is 1.96. The summed E-state index contributed by atoms with van der Waals surface area (Å²) in [7, 11) is 0. The molecule has 6 nitrogen and oxygen atoms in total. The van der Waals surface area contributed by atoms with Gasteiger partial charge in [-0.3, -0.25) is 14.3 Å². The molecular weight excluding hydrogens is 364 g/mol. The van der Waals surface area contributed by atoms with Gasteiger partial charge in [-0.2, -0.15) is 5.10 Å². The Morgan fingerprint density at radius 1 is 1.17 bits per heavy atom. The number of hydrogen-bond donors (Lipinski definition) is 1. The van der Waals surface area contributed by atoms with E-state index in [1.807, 2.05) is 67.1 Å². The van der Waals surface area contributed by atoms with Gasteiger partial charge in [-0.1, -0.05) is 36.4 Å². The highest BCUT2D eigenvalue weighted by Gasteiger charge is 2.35. The van der Waals surface area contributed by atoms with Crippen LogP contribution < -0.4 is 10.2 Å². The van der Waals surface area contributed by atoms with Gasteiger partial charge in [-0.25, -0.2) is 0 Å². The molecule has 2 aromatic carbocycles. The number of carbonyl (C=O) groups excluding carboxylic acids is 2. The number of carbonyl (C=O) groups is 2. The average molecular weight is 390 g/mol. The minimum atomic E-state index is -0.310. The van der Waals surface area contributed by atoms with Crippen LogP contribution in [0, 0.1) is 19.8 Å². The lowest BCUT2D eigenvalue weighted by Crippen LogP contribution is -2.34. The van der Waals surface area contributed by atoms with Crippen molar-refractivity contribution in [3.63, 3.8) is 0 Å². The van der Waals surface area contributed by atoms with Gasteiger partial charge in [0.1, 0.15) is 0 Å². The van der Waals surface area contributed by atoms with Crippen molar-refractivity contribution < 1.29 is 9.59 Å². The van der Waals surface area contributed by atoms with Crippen LogP contribution in [-0.2, 0) is 16.1 Å². The van der Waals surface area contributed by atoms with E-state index in [1.54, 1.807) is 4.90 Å². The van der Waals surface area contributed by atoms with Crippen LogP contribution in [-0.4, -0.2) is 34.7 Å². The number of aryl methyl sites for hydroxylation is 3. The maximum atomic E-state index is 12.6. The Kier molecular flexibility index (Phi) is 5.34. The van der Waals surface area contributed by atoms with Gasteiger partial charge in [0, 0.05) is 37.1 Å². The molecule has 29 heavy (non-hydrogen) atoms. The summed E-state index contributed by atoms with van der Waals surface area (Å²) in [6.07, 6.45) is 1.06. The van der Waals surface area contributed by atoms with E-state index >= 15 is 0 Å². The van der Waals surface area contributed by atoms with Gasteiger partial charge in [0.15, 0.2) is 0 Å². The van der Waals surface area contributed by atoms with Crippen molar-refractivity contribution in [1.29, 1.82) is 0 Å². The Hall–Kier alpha value is -3.15. The molecule has 2 amide bonds. The molecule has 6 heteroatoms. The second-order valence-electron chi connectivity index (χ2n) is 7.70. The second kappa shape index (κ2) is 8.07. The largest absolute Gasteiger partial charge is 0.356 e. The van der Waals surface area contributed by atoms with E-state index in [1.165, 1.54) is 0 Å². The Labute approximate surface area is 170 Å². The molecule has 0 radical (unpaired) electrons. The van der Waals surface area contributed by atoms with Gasteiger partial charge in [0.2, 0.25) is 11.8 Å². The van der Waals surface area contributed by atoms with Crippen molar-refractivity contribution in [3.8, 4) is 0 Å². The number of aromatic nitrogens is 2. The maximum Gasteiger partial charge on any atom is 0.227 e. The molecule has 2 heterocycles. The molecule has 1 aliphatic heterocycles. The van der Waals surface area contributed by atoms with E-state index in [2.05, 4.69) is 10.4 Å². The summed E-state index contributed by atoms with van der Waals surface area (Å²) >= 11 is 0. The molecule has 0 saturated carbocycles. The van der Waals surface area contributed by atoms with E-state index < -0.39 is 0 Å². The van der Waals surface area contributed by atoms with Crippen LogP contribution in [0.15, 0.2) is 48.5 Å². The van der Waals surface area contributed by atoms with Crippen LogP contribution in [0.5, 0.6) is 0 Å². The van der Waals surface area contributed by atoms with Crippen LogP contribution in [0.3, 0.4) is 0 Å². The number of nitrogens with one attached hydrogen (secondary N) is 1. The van der Waals surface area contributed by atoms with Crippen molar-refractivity contribution in [2.45, 2.75) is 33.2 Å². The standard InChI is InChI=1S/C23H26N4O2/c1-16-13-17(2)27(25-16)12-6-11-24-23(29)19-14-22(28)26(15-19)21-10-5-8-18-7-3-4-9-20(18)21/h3-5,7-10,13,19H,6,11-12,14-15H2,1-2H3,(H,24,29)/t19-/m1/s1. The summed E-state index contributed by atoms with van der Waals surface area (Å²) in [5.74, 6) is -0.353. The lowest BCUT2D eigenvalue weighted by molar-refractivity contribution is -0.126. The van der Waals surface area contributed by atoms with Crippen molar-refractivity contribution in [2.24, 2.45) is 5.92 Å². The van der Waals surface area contributed by atoms with Gasteiger partial charge in [0.05, 0.1) is 17.3 Å². The fourth-order valence-electron chi connectivity index (χ4n) is 4.05. The number of amides is 2. The monoisotopic (exact) mass is 390 g/mol.